The van der Waals surface area contributed by atoms with Crippen molar-refractivity contribution in [3.8, 4) is 5.75 Å². The van der Waals surface area contributed by atoms with Crippen molar-refractivity contribution < 1.29 is 19.0 Å². The van der Waals surface area contributed by atoms with E-state index in [9.17, 15) is 9.18 Å². The molecule has 0 heterocycles. The van der Waals surface area contributed by atoms with E-state index in [0.717, 1.165) is 0 Å². The number of hydrogen-bond acceptors (Lipinski definition) is 2. The molecule has 4 heteroatoms. The molecular weight excluding hydrogens is 199 g/mol. The van der Waals surface area contributed by atoms with Crippen molar-refractivity contribution in [2.24, 2.45) is 11.8 Å². The summed E-state index contributed by atoms with van der Waals surface area (Å²) in [6.07, 6.45) is 0.677. The average molecular weight is 210 g/mol. The van der Waals surface area contributed by atoms with E-state index in [1.807, 2.05) is 0 Å². The summed E-state index contributed by atoms with van der Waals surface area (Å²) < 4.78 is 17.9. The van der Waals surface area contributed by atoms with Gasteiger partial charge in [-0.25, -0.2) is 4.39 Å². The third-order valence-electron chi connectivity index (χ3n) is 2.52. The summed E-state index contributed by atoms with van der Waals surface area (Å²) in [5.41, 5.74) is 0. The van der Waals surface area contributed by atoms with Crippen LogP contribution in [0.4, 0.5) is 4.39 Å². The standard InChI is InChI=1S/C11H11FO3/c12-8-1-3-9(4-2-8)15-6-7-5-10(7)11(13)14/h1-4,7,10H,5-6H2,(H,13,14). The predicted molar refractivity (Wildman–Crippen MR) is 51.1 cm³/mol. The second-order valence-corrected chi connectivity index (χ2v) is 3.71. The number of hydrogen-bond donors (Lipinski definition) is 1. The number of carboxylic acids is 1. The van der Waals surface area contributed by atoms with Crippen LogP contribution < -0.4 is 4.74 Å². The highest BCUT2D eigenvalue weighted by Crippen LogP contribution is 2.38. The Bertz CT molecular complexity index is 361. The van der Waals surface area contributed by atoms with Crippen molar-refractivity contribution in [3.63, 3.8) is 0 Å². The maximum atomic E-state index is 12.5. The molecule has 0 bridgehead atoms. The number of carboxylic acid groups (broad SMARTS) is 1. The van der Waals surface area contributed by atoms with E-state index in [0.29, 0.717) is 18.8 Å². The molecule has 1 aliphatic carbocycles. The van der Waals surface area contributed by atoms with E-state index in [-0.39, 0.29) is 17.7 Å². The Balaban J connectivity index is 1.80. The zero-order valence-corrected chi connectivity index (χ0v) is 8.02. The van der Waals surface area contributed by atoms with Crippen molar-refractivity contribution in [1.29, 1.82) is 0 Å². The Labute approximate surface area is 86.5 Å². The molecule has 1 aromatic rings. The first-order chi connectivity index (χ1) is 7.16. The third-order valence-corrected chi connectivity index (χ3v) is 2.52. The van der Waals surface area contributed by atoms with E-state index in [1.54, 1.807) is 0 Å². The van der Waals surface area contributed by atoms with Crippen LogP contribution in [0.5, 0.6) is 5.75 Å². The molecule has 3 nitrogen and oxygen atoms in total. The molecule has 0 aromatic heterocycles. The molecular formula is C11H11FO3. The first-order valence-electron chi connectivity index (χ1n) is 4.78. The van der Waals surface area contributed by atoms with Crippen molar-refractivity contribution in [2.45, 2.75) is 6.42 Å². The number of halogens is 1. The average Bonchev–Trinajstić information content (AvgIpc) is 2.96. The molecule has 1 aliphatic rings. The van der Waals surface area contributed by atoms with Crippen LogP contribution in [0.3, 0.4) is 0 Å². The van der Waals surface area contributed by atoms with Gasteiger partial charge in [-0.05, 0) is 30.7 Å². The molecule has 0 amide bonds. The summed E-state index contributed by atoms with van der Waals surface area (Å²) >= 11 is 0. The minimum atomic E-state index is -0.761. The van der Waals surface area contributed by atoms with Gasteiger partial charge in [0.1, 0.15) is 11.6 Å². The smallest absolute Gasteiger partial charge is 0.306 e. The molecule has 15 heavy (non-hydrogen) atoms. The maximum absolute atomic E-state index is 12.5. The quantitative estimate of drug-likeness (QED) is 0.825. The molecule has 1 fully saturated rings. The molecule has 1 aromatic carbocycles. The molecule has 80 valence electrons. The van der Waals surface area contributed by atoms with Crippen molar-refractivity contribution >= 4 is 5.97 Å². The van der Waals surface area contributed by atoms with Crippen molar-refractivity contribution in [1.82, 2.24) is 0 Å². The van der Waals surface area contributed by atoms with E-state index in [1.165, 1.54) is 24.3 Å². The molecule has 0 saturated heterocycles. The highest BCUT2D eigenvalue weighted by atomic mass is 19.1. The Morgan fingerprint density at radius 3 is 2.67 bits per heavy atom. The van der Waals surface area contributed by atoms with Gasteiger partial charge in [-0.3, -0.25) is 4.79 Å². The lowest BCUT2D eigenvalue weighted by Gasteiger charge is -2.04. The Morgan fingerprint density at radius 1 is 1.47 bits per heavy atom. The summed E-state index contributed by atoms with van der Waals surface area (Å²) in [6.45, 7) is 0.391. The van der Waals surface area contributed by atoms with Crippen LogP contribution in [-0.4, -0.2) is 17.7 Å². The van der Waals surface area contributed by atoms with Gasteiger partial charge in [0.05, 0.1) is 12.5 Å². The minimum Gasteiger partial charge on any atom is -0.493 e. The molecule has 0 spiro atoms. The van der Waals surface area contributed by atoms with Gasteiger partial charge in [-0.2, -0.15) is 0 Å². The number of carbonyl (C=O) groups is 1. The lowest BCUT2D eigenvalue weighted by atomic mass is 10.3. The number of rotatable bonds is 4. The summed E-state index contributed by atoms with van der Waals surface area (Å²) in [6, 6.07) is 5.70. The summed E-state index contributed by atoms with van der Waals surface area (Å²) in [5, 5.41) is 8.65. The van der Waals surface area contributed by atoms with Crippen LogP contribution >= 0.6 is 0 Å². The summed E-state index contributed by atoms with van der Waals surface area (Å²) in [4.78, 5) is 10.5. The second-order valence-electron chi connectivity index (χ2n) is 3.71. The van der Waals surface area contributed by atoms with E-state index < -0.39 is 5.97 Å². The van der Waals surface area contributed by atoms with E-state index in [2.05, 4.69) is 0 Å². The summed E-state index contributed by atoms with van der Waals surface area (Å²) in [5.74, 6) is -0.648. The number of aliphatic carboxylic acids is 1. The Kier molecular flexibility index (Phi) is 2.58. The third kappa shape index (κ3) is 2.46. The van der Waals surface area contributed by atoms with E-state index >= 15 is 0 Å². The zero-order chi connectivity index (χ0) is 10.8. The molecule has 1 N–H and O–H groups in total. The minimum absolute atomic E-state index is 0.104. The monoisotopic (exact) mass is 210 g/mol. The summed E-state index contributed by atoms with van der Waals surface area (Å²) in [7, 11) is 0. The predicted octanol–water partition coefficient (Wildman–Crippen LogP) is 1.93. The van der Waals surface area contributed by atoms with Gasteiger partial charge >= 0.3 is 5.97 Å². The van der Waals surface area contributed by atoms with Crippen LogP contribution in [0, 0.1) is 17.7 Å². The molecule has 0 radical (unpaired) electrons. The fourth-order valence-corrected chi connectivity index (χ4v) is 1.47. The molecule has 2 unspecified atom stereocenters. The van der Waals surface area contributed by atoms with Crippen LogP contribution in [0.15, 0.2) is 24.3 Å². The Hall–Kier alpha value is -1.58. The highest BCUT2D eigenvalue weighted by Gasteiger charge is 2.43. The van der Waals surface area contributed by atoms with Gasteiger partial charge in [0.15, 0.2) is 0 Å². The van der Waals surface area contributed by atoms with E-state index in [4.69, 9.17) is 9.84 Å². The first-order valence-corrected chi connectivity index (χ1v) is 4.78. The van der Waals surface area contributed by atoms with Gasteiger partial charge in [-0.1, -0.05) is 0 Å². The highest BCUT2D eigenvalue weighted by molar-refractivity contribution is 5.73. The van der Waals surface area contributed by atoms with Crippen molar-refractivity contribution in [3.05, 3.63) is 30.1 Å². The van der Waals surface area contributed by atoms with Crippen molar-refractivity contribution in [2.75, 3.05) is 6.61 Å². The van der Waals surface area contributed by atoms with Gasteiger partial charge in [-0.15, -0.1) is 0 Å². The van der Waals surface area contributed by atoms with Crippen LogP contribution in [0.2, 0.25) is 0 Å². The second kappa shape index (κ2) is 3.88. The number of benzene rings is 1. The first kappa shape index (κ1) is 9.96. The van der Waals surface area contributed by atoms with Crippen LogP contribution in [0.1, 0.15) is 6.42 Å². The van der Waals surface area contributed by atoms with Gasteiger partial charge in [0, 0.05) is 5.92 Å². The van der Waals surface area contributed by atoms with Gasteiger partial charge < -0.3 is 9.84 Å². The van der Waals surface area contributed by atoms with Crippen LogP contribution in [-0.2, 0) is 4.79 Å². The van der Waals surface area contributed by atoms with Gasteiger partial charge in [0.25, 0.3) is 0 Å². The topological polar surface area (TPSA) is 46.5 Å². The van der Waals surface area contributed by atoms with Crippen LogP contribution in [0.25, 0.3) is 0 Å². The maximum Gasteiger partial charge on any atom is 0.306 e. The zero-order valence-electron chi connectivity index (χ0n) is 8.02. The molecule has 1 saturated carbocycles. The fraction of sp³-hybridized carbons (Fsp3) is 0.364. The molecule has 2 atom stereocenters. The normalized spacial score (nSPS) is 23.5. The lowest BCUT2D eigenvalue weighted by Crippen LogP contribution is -2.06. The largest absolute Gasteiger partial charge is 0.493 e. The molecule has 2 rings (SSSR count). The fourth-order valence-electron chi connectivity index (χ4n) is 1.47. The SMILES string of the molecule is O=C(O)C1CC1COc1ccc(F)cc1. The van der Waals surface area contributed by atoms with Gasteiger partial charge in [0.2, 0.25) is 0 Å². The molecule has 0 aliphatic heterocycles. The lowest BCUT2D eigenvalue weighted by molar-refractivity contribution is -0.138. The Morgan fingerprint density at radius 2 is 2.13 bits per heavy atom. The number of ether oxygens (including phenoxy) is 1.